The van der Waals surface area contributed by atoms with Crippen molar-refractivity contribution >= 4 is 23.4 Å². The standard InChI is InChI=1S/C12H16ClNOS/c13-9-3-4-12-10(8-9)11(14-5-6-15)2-1-7-16-12/h3-4,8,11,14-15H,1-2,5-7H2. The van der Waals surface area contributed by atoms with E-state index in [1.807, 2.05) is 23.9 Å². The molecule has 0 saturated heterocycles. The molecule has 1 aliphatic heterocycles. The van der Waals surface area contributed by atoms with E-state index in [0.29, 0.717) is 12.6 Å². The van der Waals surface area contributed by atoms with Crippen LogP contribution in [0.5, 0.6) is 0 Å². The average molecular weight is 258 g/mol. The van der Waals surface area contributed by atoms with E-state index in [4.69, 9.17) is 16.7 Å². The van der Waals surface area contributed by atoms with Gasteiger partial charge in [0, 0.05) is 22.5 Å². The second kappa shape index (κ2) is 5.92. The number of halogens is 1. The van der Waals surface area contributed by atoms with Crippen molar-refractivity contribution in [2.24, 2.45) is 0 Å². The fourth-order valence-electron chi connectivity index (χ4n) is 2.00. The van der Waals surface area contributed by atoms with E-state index in [-0.39, 0.29) is 6.61 Å². The zero-order valence-electron chi connectivity index (χ0n) is 9.08. The third-order valence-electron chi connectivity index (χ3n) is 2.74. The van der Waals surface area contributed by atoms with Crippen molar-refractivity contribution in [3.63, 3.8) is 0 Å². The highest BCUT2D eigenvalue weighted by Crippen LogP contribution is 2.36. The van der Waals surface area contributed by atoms with Crippen LogP contribution >= 0.6 is 23.4 Å². The number of rotatable bonds is 3. The van der Waals surface area contributed by atoms with Crippen molar-refractivity contribution in [2.45, 2.75) is 23.8 Å². The molecule has 16 heavy (non-hydrogen) atoms. The lowest BCUT2D eigenvalue weighted by Crippen LogP contribution is -2.24. The van der Waals surface area contributed by atoms with E-state index in [1.54, 1.807) is 0 Å². The van der Waals surface area contributed by atoms with Gasteiger partial charge >= 0.3 is 0 Å². The van der Waals surface area contributed by atoms with Crippen LogP contribution in [0, 0.1) is 0 Å². The summed E-state index contributed by atoms with van der Waals surface area (Å²) in [5.74, 6) is 1.16. The summed E-state index contributed by atoms with van der Waals surface area (Å²) < 4.78 is 0. The number of aliphatic hydroxyl groups is 1. The van der Waals surface area contributed by atoms with Gasteiger partial charge in [0.15, 0.2) is 0 Å². The highest BCUT2D eigenvalue weighted by Gasteiger charge is 2.18. The molecule has 88 valence electrons. The molecule has 1 unspecified atom stereocenters. The minimum absolute atomic E-state index is 0.180. The Hall–Kier alpha value is -0.220. The number of aliphatic hydroxyl groups excluding tert-OH is 1. The predicted octanol–water partition coefficient (Wildman–Crippen LogP) is 2.85. The summed E-state index contributed by atoms with van der Waals surface area (Å²) >= 11 is 7.94. The first kappa shape index (κ1) is 12.2. The SMILES string of the molecule is OCCNC1CCCSc2ccc(Cl)cc21. The van der Waals surface area contributed by atoms with Gasteiger partial charge in [0.25, 0.3) is 0 Å². The first-order chi connectivity index (χ1) is 7.81. The van der Waals surface area contributed by atoms with Gasteiger partial charge in [-0.25, -0.2) is 0 Å². The molecule has 1 atom stereocenters. The second-order valence-corrected chi connectivity index (χ2v) is 5.48. The molecule has 2 N–H and O–H groups in total. The third-order valence-corrected chi connectivity index (χ3v) is 4.16. The van der Waals surface area contributed by atoms with Crippen LogP contribution in [0.15, 0.2) is 23.1 Å². The number of thioether (sulfide) groups is 1. The highest BCUT2D eigenvalue weighted by atomic mass is 35.5. The fraction of sp³-hybridized carbons (Fsp3) is 0.500. The van der Waals surface area contributed by atoms with Crippen molar-refractivity contribution in [3.05, 3.63) is 28.8 Å². The third kappa shape index (κ3) is 2.92. The van der Waals surface area contributed by atoms with Gasteiger partial charge in [-0.15, -0.1) is 11.8 Å². The van der Waals surface area contributed by atoms with Crippen LogP contribution in [0.4, 0.5) is 0 Å². The maximum absolute atomic E-state index is 8.88. The van der Waals surface area contributed by atoms with E-state index >= 15 is 0 Å². The molecule has 1 aliphatic rings. The second-order valence-electron chi connectivity index (χ2n) is 3.90. The van der Waals surface area contributed by atoms with Crippen molar-refractivity contribution in [3.8, 4) is 0 Å². The molecule has 0 spiro atoms. The topological polar surface area (TPSA) is 32.3 Å². The molecule has 0 aliphatic carbocycles. The smallest absolute Gasteiger partial charge is 0.0556 e. The average Bonchev–Trinajstić information content (AvgIpc) is 2.48. The zero-order valence-corrected chi connectivity index (χ0v) is 10.7. The van der Waals surface area contributed by atoms with Crippen LogP contribution in [0.1, 0.15) is 24.4 Å². The lowest BCUT2D eigenvalue weighted by molar-refractivity contribution is 0.282. The Bertz CT molecular complexity index is 359. The molecule has 0 radical (unpaired) electrons. The zero-order chi connectivity index (χ0) is 11.4. The van der Waals surface area contributed by atoms with E-state index in [2.05, 4.69) is 11.4 Å². The van der Waals surface area contributed by atoms with Gasteiger partial charge in [0.2, 0.25) is 0 Å². The fourth-order valence-corrected chi connectivity index (χ4v) is 3.24. The minimum atomic E-state index is 0.180. The Morgan fingerprint density at radius 2 is 2.38 bits per heavy atom. The van der Waals surface area contributed by atoms with Crippen molar-refractivity contribution in [2.75, 3.05) is 18.9 Å². The monoisotopic (exact) mass is 257 g/mol. The Morgan fingerprint density at radius 3 is 3.19 bits per heavy atom. The Kier molecular flexibility index (Phi) is 4.53. The van der Waals surface area contributed by atoms with Gasteiger partial charge in [-0.1, -0.05) is 11.6 Å². The molecule has 1 aromatic carbocycles. The van der Waals surface area contributed by atoms with E-state index in [0.717, 1.165) is 17.2 Å². The molecule has 0 bridgehead atoms. The van der Waals surface area contributed by atoms with Crippen molar-refractivity contribution in [1.29, 1.82) is 0 Å². The molecule has 2 rings (SSSR count). The van der Waals surface area contributed by atoms with Crippen LogP contribution in [0.2, 0.25) is 5.02 Å². The molecule has 0 fully saturated rings. The molecular formula is C12H16ClNOS. The van der Waals surface area contributed by atoms with E-state index in [9.17, 15) is 0 Å². The molecule has 2 nitrogen and oxygen atoms in total. The van der Waals surface area contributed by atoms with Gasteiger partial charge in [-0.05, 0) is 42.4 Å². The summed E-state index contributed by atoms with van der Waals surface area (Å²) in [5.41, 5.74) is 1.28. The largest absolute Gasteiger partial charge is 0.395 e. The van der Waals surface area contributed by atoms with Crippen molar-refractivity contribution < 1.29 is 5.11 Å². The van der Waals surface area contributed by atoms with Gasteiger partial charge in [0.1, 0.15) is 0 Å². The normalized spacial score (nSPS) is 20.2. The lowest BCUT2D eigenvalue weighted by atomic mass is 10.0. The Morgan fingerprint density at radius 1 is 1.50 bits per heavy atom. The maximum atomic E-state index is 8.88. The van der Waals surface area contributed by atoms with Gasteiger partial charge in [-0.2, -0.15) is 0 Å². The number of benzene rings is 1. The number of hydrogen-bond donors (Lipinski definition) is 2. The van der Waals surface area contributed by atoms with E-state index < -0.39 is 0 Å². The molecular weight excluding hydrogens is 242 g/mol. The number of fused-ring (bicyclic) bond motifs is 1. The Labute approximate surface area is 105 Å². The predicted molar refractivity (Wildman–Crippen MR) is 69.2 cm³/mol. The number of hydrogen-bond acceptors (Lipinski definition) is 3. The molecule has 1 heterocycles. The molecule has 4 heteroatoms. The lowest BCUT2D eigenvalue weighted by Gasteiger charge is -2.18. The Balaban J connectivity index is 2.24. The van der Waals surface area contributed by atoms with E-state index in [1.165, 1.54) is 16.9 Å². The minimum Gasteiger partial charge on any atom is -0.395 e. The molecule has 0 aromatic heterocycles. The van der Waals surface area contributed by atoms with Gasteiger partial charge in [0.05, 0.1) is 6.61 Å². The number of nitrogens with one attached hydrogen (secondary N) is 1. The summed E-state index contributed by atoms with van der Waals surface area (Å²) in [6.45, 7) is 0.820. The van der Waals surface area contributed by atoms with Gasteiger partial charge in [-0.3, -0.25) is 0 Å². The summed E-state index contributed by atoms with van der Waals surface area (Å²) in [7, 11) is 0. The molecule has 1 aromatic rings. The summed E-state index contributed by atoms with van der Waals surface area (Å²) in [6.07, 6.45) is 2.31. The first-order valence-corrected chi connectivity index (χ1v) is 6.94. The summed E-state index contributed by atoms with van der Waals surface area (Å²) in [6, 6.07) is 6.42. The quantitative estimate of drug-likeness (QED) is 0.874. The molecule has 0 amide bonds. The summed E-state index contributed by atoms with van der Waals surface area (Å²) in [5, 5.41) is 13.0. The van der Waals surface area contributed by atoms with Crippen LogP contribution < -0.4 is 5.32 Å². The van der Waals surface area contributed by atoms with Crippen LogP contribution in [-0.4, -0.2) is 24.0 Å². The summed E-state index contributed by atoms with van der Waals surface area (Å²) in [4.78, 5) is 1.32. The van der Waals surface area contributed by atoms with Crippen LogP contribution in [-0.2, 0) is 0 Å². The van der Waals surface area contributed by atoms with Crippen molar-refractivity contribution in [1.82, 2.24) is 5.32 Å². The van der Waals surface area contributed by atoms with Gasteiger partial charge < -0.3 is 10.4 Å². The first-order valence-electron chi connectivity index (χ1n) is 5.58. The highest BCUT2D eigenvalue weighted by molar-refractivity contribution is 7.99. The van der Waals surface area contributed by atoms with Crippen LogP contribution in [0.25, 0.3) is 0 Å². The van der Waals surface area contributed by atoms with Crippen LogP contribution in [0.3, 0.4) is 0 Å². The maximum Gasteiger partial charge on any atom is 0.0556 e. The molecule has 0 saturated carbocycles.